The molecule has 1 heterocycles. The van der Waals surface area contributed by atoms with Gasteiger partial charge in [-0.3, -0.25) is 19.3 Å². The Kier molecular flexibility index (Phi) is 6.39. The molecular formula is C24H30N2O5. The van der Waals surface area contributed by atoms with Gasteiger partial charge in [0.2, 0.25) is 0 Å². The molecule has 2 saturated carbocycles. The van der Waals surface area contributed by atoms with Gasteiger partial charge in [0.15, 0.2) is 6.10 Å². The zero-order chi connectivity index (χ0) is 22.0. The molecule has 4 rings (SSSR count). The molecule has 1 atom stereocenters. The number of hydrogen-bond acceptors (Lipinski definition) is 5. The van der Waals surface area contributed by atoms with Crippen LogP contribution < -0.4 is 5.32 Å². The van der Waals surface area contributed by atoms with E-state index < -0.39 is 12.1 Å². The maximum absolute atomic E-state index is 12.9. The fourth-order valence-electron chi connectivity index (χ4n) is 4.90. The molecule has 1 aromatic rings. The quantitative estimate of drug-likeness (QED) is 0.574. The highest BCUT2D eigenvalue weighted by molar-refractivity contribution is 6.22. The predicted octanol–water partition coefficient (Wildman–Crippen LogP) is 3.61. The van der Waals surface area contributed by atoms with Crippen molar-refractivity contribution in [3.8, 4) is 0 Å². The van der Waals surface area contributed by atoms with E-state index in [9.17, 15) is 19.2 Å². The minimum Gasteiger partial charge on any atom is -0.449 e. The van der Waals surface area contributed by atoms with Crippen molar-refractivity contribution in [2.45, 2.75) is 89.3 Å². The number of benzene rings is 1. The largest absolute Gasteiger partial charge is 0.449 e. The zero-order valence-corrected chi connectivity index (χ0v) is 18.0. The third-order valence-corrected chi connectivity index (χ3v) is 6.70. The van der Waals surface area contributed by atoms with Crippen LogP contribution in [0.1, 0.15) is 102 Å². The SMILES string of the molecule is C[C@H](OC(=O)c1ccc2c(c1)C(=O)N(C1CCCCC1)C2=O)C(=O)NC1CCCCC1. The van der Waals surface area contributed by atoms with Gasteiger partial charge in [0.25, 0.3) is 17.7 Å². The van der Waals surface area contributed by atoms with Crippen molar-refractivity contribution in [2.24, 2.45) is 0 Å². The van der Waals surface area contributed by atoms with Crippen molar-refractivity contribution < 1.29 is 23.9 Å². The summed E-state index contributed by atoms with van der Waals surface area (Å²) in [6.45, 7) is 1.54. The topological polar surface area (TPSA) is 92.8 Å². The van der Waals surface area contributed by atoms with Gasteiger partial charge >= 0.3 is 5.97 Å². The van der Waals surface area contributed by atoms with Crippen molar-refractivity contribution in [2.75, 3.05) is 0 Å². The lowest BCUT2D eigenvalue weighted by atomic mass is 9.94. The van der Waals surface area contributed by atoms with E-state index in [-0.39, 0.29) is 40.9 Å². The molecule has 3 aliphatic rings. The molecule has 2 aliphatic carbocycles. The van der Waals surface area contributed by atoms with Crippen molar-refractivity contribution in [3.05, 3.63) is 34.9 Å². The van der Waals surface area contributed by atoms with E-state index in [1.165, 1.54) is 29.5 Å². The summed E-state index contributed by atoms with van der Waals surface area (Å²) < 4.78 is 5.34. The first-order chi connectivity index (χ1) is 15.0. The van der Waals surface area contributed by atoms with Gasteiger partial charge < -0.3 is 10.1 Å². The molecule has 1 aliphatic heterocycles. The highest BCUT2D eigenvalue weighted by atomic mass is 16.5. The summed E-state index contributed by atoms with van der Waals surface area (Å²) in [5.41, 5.74) is 0.738. The summed E-state index contributed by atoms with van der Waals surface area (Å²) in [4.78, 5) is 52.1. The van der Waals surface area contributed by atoms with Gasteiger partial charge in [-0.25, -0.2) is 4.79 Å². The summed E-state index contributed by atoms with van der Waals surface area (Å²) in [6, 6.07) is 4.49. The summed E-state index contributed by atoms with van der Waals surface area (Å²) in [5, 5.41) is 2.95. The normalized spacial score (nSPS) is 21.0. The molecule has 0 aromatic heterocycles. The Labute approximate surface area is 182 Å². The predicted molar refractivity (Wildman–Crippen MR) is 114 cm³/mol. The van der Waals surface area contributed by atoms with Gasteiger partial charge in [0.05, 0.1) is 16.7 Å². The number of ether oxygens (including phenoxy) is 1. The molecular weight excluding hydrogens is 396 g/mol. The van der Waals surface area contributed by atoms with E-state index in [0.717, 1.165) is 57.8 Å². The average Bonchev–Trinajstić information content (AvgIpc) is 3.04. The van der Waals surface area contributed by atoms with Gasteiger partial charge in [-0.1, -0.05) is 38.5 Å². The summed E-state index contributed by atoms with van der Waals surface area (Å²) >= 11 is 0. The number of carbonyl (C=O) groups is 4. The molecule has 0 saturated heterocycles. The number of hydrogen-bond donors (Lipinski definition) is 1. The first-order valence-electron chi connectivity index (χ1n) is 11.5. The molecule has 3 amide bonds. The highest BCUT2D eigenvalue weighted by Gasteiger charge is 2.40. The maximum Gasteiger partial charge on any atom is 0.338 e. The van der Waals surface area contributed by atoms with E-state index in [0.29, 0.717) is 5.56 Å². The number of esters is 1. The van der Waals surface area contributed by atoms with Gasteiger partial charge in [-0.05, 0) is 50.8 Å². The van der Waals surface area contributed by atoms with E-state index in [2.05, 4.69) is 5.32 Å². The van der Waals surface area contributed by atoms with Crippen LogP contribution in [-0.2, 0) is 9.53 Å². The third kappa shape index (κ3) is 4.50. The number of amides is 3. The van der Waals surface area contributed by atoms with Crippen LogP contribution >= 0.6 is 0 Å². The standard InChI is InChI=1S/C24H30N2O5/c1-15(21(27)25-17-8-4-2-5-9-17)31-24(30)16-12-13-19-20(14-16)23(29)26(22(19)28)18-10-6-3-7-11-18/h12-15,17-18H,2-11H2,1H3,(H,25,27)/t15-/m0/s1. The number of carbonyl (C=O) groups excluding carboxylic acids is 4. The lowest BCUT2D eigenvalue weighted by Gasteiger charge is -2.29. The van der Waals surface area contributed by atoms with E-state index in [1.54, 1.807) is 6.92 Å². The van der Waals surface area contributed by atoms with Crippen LogP contribution in [0.25, 0.3) is 0 Å². The minimum absolute atomic E-state index is 0.0694. The van der Waals surface area contributed by atoms with Gasteiger partial charge in [-0.2, -0.15) is 0 Å². The number of nitrogens with one attached hydrogen (secondary N) is 1. The number of fused-ring (bicyclic) bond motifs is 1. The molecule has 31 heavy (non-hydrogen) atoms. The second-order valence-electron chi connectivity index (χ2n) is 8.92. The number of rotatable bonds is 5. The summed E-state index contributed by atoms with van der Waals surface area (Å²) in [7, 11) is 0. The van der Waals surface area contributed by atoms with Gasteiger partial charge in [-0.15, -0.1) is 0 Å². The molecule has 7 nitrogen and oxygen atoms in total. The molecule has 7 heteroatoms. The first-order valence-corrected chi connectivity index (χ1v) is 11.5. The van der Waals surface area contributed by atoms with Crippen LogP contribution in [0.4, 0.5) is 0 Å². The van der Waals surface area contributed by atoms with Crippen LogP contribution in [-0.4, -0.2) is 46.8 Å². The molecule has 166 valence electrons. The Bertz CT molecular complexity index is 884. The summed E-state index contributed by atoms with van der Waals surface area (Å²) in [6.07, 6.45) is 9.15. The second kappa shape index (κ2) is 9.20. The smallest absolute Gasteiger partial charge is 0.338 e. The Morgan fingerprint density at radius 3 is 2.23 bits per heavy atom. The Hall–Kier alpha value is -2.70. The first kappa shape index (κ1) is 21.5. The second-order valence-corrected chi connectivity index (χ2v) is 8.92. The van der Waals surface area contributed by atoms with E-state index >= 15 is 0 Å². The molecule has 0 unspecified atom stereocenters. The maximum atomic E-state index is 12.9. The fraction of sp³-hybridized carbons (Fsp3) is 0.583. The molecule has 0 radical (unpaired) electrons. The van der Waals surface area contributed by atoms with Crippen molar-refractivity contribution in [1.29, 1.82) is 0 Å². The fourth-order valence-corrected chi connectivity index (χ4v) is 4.90. The van der Waals surface area contributed by atoms with Gasteiger partial charge in [0.1, 0.15) is 0 Å². The van der Waals surface area contributed by atoms with Crippen molar-refractivity contribution in [3.63, 3.8) is 0 Å². The molecule has 2 fully saturated rings. The summed E-state index contributed by atoms with van der Waals surface area (Å²) in [5.74, 6) is -1.61. The lowest BCUT2D eigenvalue weighted by molar-refractivity contribution is -0.130. The number of imide groups is 1. The van der Waals surface area contributed by atoms with E-state index in [4.69, 9.17) is 4.74 Å². The molecule has 0 bridgehead atoms. The van der Waals surface area contributed by atoms with Crippen LogP contribution in [0.3, 0.4) is 0 Å². The van der Waals surface area contributed by atoms with Crippen LogP contribution in [0.2, 0.25) is 0 Å². The molecule has 1 N–H and O–H groups in total. The third-order valence-electron chi connectivity index (χ3n) is 6.70. The Morgan fingerprint density at radius 2 is 1.55 bits per heavy atom. The van der Waals surface area contributed by atoms with E-state index in [1.807, 2.05) is 0 Å². The minimum atomic E-state index is -0.932. The monoisotopic (exact) mass is 426 g/mol. The highest BCUT2D eigenvalue weighted by Crippen LogP contribution is 2.31. The number of nitrogens with zero attached hydrogens (tertiary/aromatic N) is 1. The Morgan fingerprint density at radius 1 is 0.935 bits per heavy atom. The average molecular weight is 427 g/mol. The molecule has 1 aromatic carbocycles. The Balaban J connectivity index is 1.41. The van der Waals surface area contributed by atoms with Gasteiger partial charge in [0, 0.05) is 12.1 Å². The molecule has 0 spiro atoms. The van der Waals surface area contributed by atoms with Crippen LogP contribution in [0.5, 0.6) is 0 Å². The van der Waals surface area contributed by atoms with Crippen molar-refractivity contribution >= 4 is 23.7 Å². The van der Waals surface area contributed by atoms with Crippen LogP contribution in [0.15, 0.2) is 18.2 Å². The zero-order valence-electron chi connectivity index (χ0n) is 18.0. The van der Waals surface area contributed by atoms with Crippen LogP contribution in [0, 0.1) is 0 Å². The lowest BCUT2D eigenvalue weighted by Crippen LogP contribution is -2.42. The van der Waals surface area contributed by atoms with Crippen molar-refractivity contribution in [1.82, 2.24) is 10.2 Å².